The van der Waals surface area contributed by atoms with E-state index in [0.29, 0.717) is 17.3 Å². The highest BCUT2D eigenvalue weighted by atomic mass is 16.1. The van der Waals surface area contributed by atoms with Crippen molar-refractivity contribution in [2.75, 3.05) is 5.73 Å². The monoisotopic (exact) mass is 262 g/mol. The molecule has 104 valence electrons. The summed E-state index contributed by atoms with van der Waals surface area (Å²) in [4.78, 5) is 11.6. The molecule has 5 nitrogen and oxygen atoms in total. The van der Waals surface area contributed by atoms with Gasteiger partial charge in [0.1, 0.15) is 11.4 Å². The first kappa shape index (κ1) is 12.5. The zero-order chi connectivity index (χ0) is 13.7. The molecule has 0 aromatic carbocycles. The van der Waals surface area contributed by atoms with Gasteiger partial charge in [0.15, 0.2) is 0 Å². The number of rotatable bonds is 2. The van der Waals surface area contributed by atoms with E-state index in [-0.39, 0.29) is 0 Å². The molecule has 0 saturated heterocycles. The smallest absolute Gasteiger partial charge is 0.254 e. The van der Waals surface area contributed by atoms with Crippen molar-refractivity contribution in [1.82, 2.24) is 9.78 Å². The van der Waals surface area contributed by atoms with Crippen molar-refractivity contribution in [3.63, 3.8) is 0 Å². The SMILES string of the molecule is CC1CC2CC(c3nn(C)c(N)c3C(N)=O)CC2C1. The highest BCUT2D eigenvalue weighted by Crippen LogP contribution is 2.52. The van der Waals surface area contributed by atoms with Crippen LogP contribution in [-0.2, 0) is 7.05 Å². The molecule has 2 atom stereocenters. The van der Waals surface area contributed by atoms with Gasteiger partial charge in [-0.25, -0.2) is 0 Å². The third-order valence-corrected chi connectivity index (χ3v) is 5.00. The fourth-order valence-corrected chi connectivity index (χ4v) is 4.24. The first-order chi connectivity index (χ1) is 8.97. The van der Waals surface area contributed by atoms with Gasteiger partial charge < -0.3 is 11.5 Å². The van der Waals surface area contributed by atoms with E-state index in [1.165, 1.54) is 12.8 Å². The number of anilines is 1. The van der Waals surface area contributed by atoms with Gasteiger partial charge in [0.2, 0.25) is 0 Å². The first-order valence-electron chi connectivity index (χ1n) is 7.09. The Morgan fingerprint density at radius 3 is 2.37 bits per heavy atom. The molecule has 19 heavy (non-hydrogen) atoms. The van der Waals surface area contributed by atoms with Gasteiger partial charge in [0.05, 0.1) is 5.69 Å². The molecular formula is C14H22N4O. The number of hydrogen-bond acceptors (Lipinski definition) is 3. The van der Waals surface area contributed by atoms with Gasteiger partial charge in [-0.3, -0.25) is 9.48 Å². The number of nitrogens with zero attached hydrogens (tertiary/aromatic N) is 2. The second kappa shape index (κ2) is 4.25. The van der Waals surface area contributed by atoms with Crippen molar-refractivity contribution in [3.05, 3.63) is 11.3 Å². The lowest BCUT2D eigenvalue weighted by Gasteiger charge is -2.11. The fourth-order valence-electron chi connectivity index (χ4n) is 4.24. The van der Waals surface area contributed by atoms with Crippen LogP contribution in [-0.4, -0.2) is 15.7 Å². The lowest BCUT2D eigenvalue weighted by atomic mass is 9.94. The molecule has 2 aliphatic rings. The molecule has 1 aromatic heterocycles. The molecule has 0 spiro atoms. The van der Waals surface area contributed by atoms with Crippen LogP contribution in [0.2, 0.25) is 0 Å². The van der Waals surface area contributed by atoms with Crippen LogP contribution in [0, 0.1) is 17.8 Å². The van der Waals surface area contributed by atoms with Gasteiger partial charge >= 0.3 is 0 Å². The van der Waals surface area contributed by atoms with Gasteiger partial charge in [0.25, 0.3) is 5.91 Å². The van der Waals surface area contributed by atoms with E-state index in [1.807, 2.05) is 0 Å². The van der Waals surface area contributed by atoms with E-state index in [2.05, 4.69) is 12.0 Å². The molecule has 2 unspecified atom stereocenters. The lowest BCUT2D eigenvalue weighted by Crippen LogP contribution is -2.16. The Balaban J connectivity index is 1.89. The topological polar surface area (TPSA) is 86.9 Å². The Hall–Kier alpha value is -1.52. The predicted octanol–water partition coefficient (Wildman–Crippen LogP) is 1.64. The third kappa shape index (κ3) is 1.91. The Morgan fingerprint density at radius 1 is 1.26 bits per heavy atom. The number of carbonyl (C=O) groups is 1. The van der Waals surface area contributed by atoms with Crippen LogP contribution in [0.25, 0.3) is 0 Å². The van der Waals surface area contributed by atoms with E-state index < -0.39 is 5.91 Å². The molecule has 2 aliphatic carbocycles. The Kier molecular flexibility index (Phi) is 2.80. The van der Waals surface area contributed by atoms with E-state index >= 15 is 0 Å². The summed E-state index contributed by atoms with van der Waals surface area (Å²) in [6, 6.07) is 0. The number of nitrogens with two attached hydrogens (primary N) is 2. The predicted molar refractivity (Wildman–Crippen MR) is 73.5 cm³/mol. The van der Waals surface area contributed by atoms with Gasteiger partial charge in [-0.05, 0) is 43.4 Å². The number of aryl methyl sites for hydroxylation is 1. The molecule has 3 rings (SSSR count). The van der Waals surface area contributed by atoms with Crippen LogP contribution in [0.1, 0.15) is 54.6 Å². The maximum absolute atomic E-state index is 11.6. The molecule has 4 N–H and O–H groups in total. The van der Waals surface area contributed by atoms with Crippen molar-refractivity contribution in [2.45, 2.75) is 38.5 Å². The largest absolute Gasteiger partial charge is 0.383 e. The summed E-state index contributed by atoms with van der Waals surface area (Å²) in [7, 11) is 1.77. The second-order valence-electron chi connectivity index (χ2n) is 6.40. The first-order valence-corrected chi connectivity index (χ1v) is 7.09. The molecular weight excluding hydrogens is 240 g/mol. The summed E-state index contributed by atoms with van der Waals surface area (Å²) in [5.74, 6) is 2.74. The van der Waals surface area contributed by atoms with Crippen molar-refractivity contribution >= 4 is 11.7 Å². The van der Waals surface area contributed by atoms with Gasteiger partial charge in [-0.15, -0.1) is 0 Å². The maximum atomic E-state index is 11.6. The van der Waals surface area contributed by atoms with E-state index in [4.69, 9.17) is 11.5 Å². The molecule has 5 heteroatoms. The number of amides is 1. The van der Waals surface area contributed by atoms with Gasteiger partial charge in [-0.2, -0.15) is 5.10 Å². The van der Waals surface area contributed by atoms with Crippen LogP contribution in [0.4, 0.5) is 5.82 Å². The summed E-state index contributed by atoms with van der Waals surface area (Å²) in [6.07, 6.45) is 4.89. The molecule has 1 heterocycles. The van der Waals surface area contributed by atoms with Crippen molar-refractivity contribution < 1.29 is 4.79 Å². The zero-order valence-electron chi connectivity index (χ0n) is 11.6. The minimum atomic E-state index is -0.453. The number of nitrogen functional groups attached to an aromatic ring is 1. The third-order valence-electron chi connectivity index (χ3n) is 5.00. The lowest BCUT2D eigenvalue weighted by molar-refractivity contribution is 0.0999. The number of carbonyl (C=O) groups excluding carboxylic acids is 1. The normalized spacial score (nSPS) is 33.6. The zero-order valence-corrected chi connectivity index (χ0v) is 11.6. The van der Waals surface area contributed by atoms with Gasteiger partial charge in [0, 0.05) is 13.0 Å². The van der Waals surface area contributed by atoms with Crippen molar-refractivity contribution in [1.29, 1.82) is 0 Å². The van der Waals surface area contributed by atoms with Crippen LogP contribution < -0.4 is 11.5 Å². The van der Waals surface area contributed by atoms with Gasteiger partial charge in [-0.1, -0.05) is 6.92 Å². The number of aromatic nitrogens is 2. The summed E-state index contributed by atoms with van der Waals surface area (Å²) in [6.45, 7) is 2.33. The Labute approximate surface area is 113 Å². The summed E-state index contributed by atoms with van der Waals surface area (Å²) in [5.41, 5.74) is 12.6. The molecule has 2 saturated carbocycles. The summed E-state index contributed by atoms with van der Waals surface area (Å²) >= 11 is 0. The molecule has 0 radical (unpaired) electrons. The summed E-state index contributed by atoms with van der Waals surface area (Å²) in [5, 5.41) is 4.45. The molecule has 0 bridgehead atoms. The summed E-state index contributed by atoms with van der Waals surface area (Å²) < 4.78 is 1.58. The van der Waals surface area contributed by atoms with Crippen LogP contribution >= 0.6 is 0 Å². The van der Waals surface area contributed by atoms with E-state index in [0.717, 1.165) is 36.3 Å². The number of fused-ring (bicyclic) bond motifs is 1. The minimum absolute atomic E-state index is 0.355. The van der Waals surface area contributed by atoms with Crippen molar-refractivity contribution in [2.24, 2.45) is 30.5 Å². The van der Waals surface area contributed by atoms with E-state index in [1.54, 1.807) is 11.7 Å². The molecule has 1 amide bonds. The Morgan fingerprint density at radius 2 is 1.84 bits per heavy atom. The molecule has 1 aromatic rings. The minimum Gasteiger partial charge on any atom is -0.383 e. The van der Waals surface area contributed by atoms with Crippen molar-refractivity contribution in [3.8, 4) is 0 Å². The molecule has 0 aliphatic heterocycles. The average Bonchev–Trinajstić information content (AvgIpc) is 2.91. The quantitative estimate of drug-likeness (QED) is 0.849. The molecule has 2 fully saturated rings. The number of hydrogen-bond donors (Lipinski definition) is 2. The van der Waals surface area contributed by atoms with Crippen LogP contribution in [0.3, 0.4) is 0 Å². The standard InChI is InChI=1S/C14H22N4O/c1-7-3-8-5-10(6-9(8)4-7)12-11(14(16)19)13(15)18(2)17-12/h7-10H,3-6,15H2,1-2H3,(H2,16,19). The highest BCUT2D eigenvalue weighted by molar-refractivity contribution is 5.98. The Bertz CT molecular complexity index is 508. The highest BCUT2D eigenvalue weighted by Gasteiger charge is 2.42. The van der Waals surface area contributed by atoms with Crippen LogP contribution in [0.15, 0.2) is 0 Å². The average molecular weight is 262 g/mol. The second-order valence-corrected chi connectivity index (χ2v) is 6.40. The van der Waals surface area contributed by atoms with E-state index in [9.17, 15) is 4.79 Å². The van der Waals surface area contributed by atoms with Crippen LogP contribution in [0.5, 0.6) is 0 Å². The fraction of sp³-hybridized carbons (Fsp3) is 0.714. The maximum Gasteiger partial charge on any atom is 0.254 e. The number of primary amides is 1.